The zero-order valence-corrected chi connectivity index (χ0v) is 18.5. The molecule has 1 aromatic carbocycles. The van der Waals surface area contributed by atoms with E-state index in [0.717, 1.165) is 11.1 Å². The van der Waals surface area contributed by atoms with Gasteiger partial charge in [-0.05, 0) is 30.9 Å². The molecule has 32 heavy (non-hydrogen) atoms. The lowest BCUT2D eigenvalue weighted by Gasteiger charge is -2.16. The van der Waals surface area contributed by atoms with Gasteiger partial charge >= 0.3 is 11.4 Å². The number of nitrogens with one attached hydrogen (secondary N) is 3. The average Bonchev–Trinajstić information content (AvgIpc) is 2.73. The summed E-state index contributed by atoms with van der Waals surface area (Å²) in [5.41, 5.74) is 2.30. The lowest BCUT2D eigenvalue weighted by atomic mass is 9.99. The highest BCUT2D eigenvalue weighted by atomic mass is 16.5. The molecule has 2 aromatic heterocycles. The number of hydrogen-bond donors (Lipinski definition) is 3. The highest BCUT2D eigenvalue weighted by Gasteiger charge is 2.15. The Hall–Kier alpha value is -3.46. The minimum atomic E-state index is -0.533. The Morgan fingerprint density at radius 3 is 2.16 bits per heavy atom. The van der Waals surface area contributed by atoms with Crippen LogP contribution in [0.15, 0.2) is 43.4 Å². The van der Waals surface area contributed by atoms with Crippen molar-refractivity contribution in [3.63, 3.8) is 0 Å². The number of hydrogen-bond acceptors (Lipinski definition) is 5. The third kappa shape index (κ3) is 5.05. The lowest BCUT2D eigenvalue weighted by Crippen LogP contribution is -2.36. The van der Waals surface area contributed by atoms with Gasteiger partial charge in [0.1, 0.15) is 6.73 Å². The number of benzene rings is 1. The quantitative estimate of drug-likeness (QED) is 0.461. The van der Waals surface area contributed by atoms with Gasteiger partial charge in [-0.1, -0.05) is 38.1 Å². The predicted octanol–water partition coefficient (Wildman–Crippen LogP) is 1.21. The van der Waals surface area contributed by atoms with E-state index in [0.29, 0.717) is 54.8 Å². The van der Waals surface area contributed by atoms with Crippen LogP contribution in [0.2, 0.25) is 0 Å². The molecule has 3 N–H and O–H groups in total. The second-order valence-electron chi connectivity index (χ2n) is 7.48. The van der Waals surface area contributed by atoms with Gasteiger partial charge in [0.2, 0.25) is 0 Å². The maximum Gasteiger partial charge on any atom is 0.330 e. The minimum absolute atomic E-state index is 0.0576. The van der Waals surface area contributed by atoms with Crippen molar-refractivity contribution >= 4 is 0 Å². The summed E-state index contributed by atoms with van der Waals surface area (Å²) in [6, 6.07) is 7.66. The molecule has 0 aliphatic heterocycles. The molecule has 0 saturated heterocycles. The topological polar surface area (TPSA) is 130 Å². The van der Waals surface area contributed by atoms with Crippen molar-refractivity contribution in [3.8, 4) is 0 Å². The van der Waals surface area contributed by atoms with Gasteiger partial charge in [0, 0.05) is 42.0 Å². The molecule has 9 heteroatoms. The minimum Gasteiger partial charge on any atom is -0.361 e. The molecule has 9 nitrogen and oxygen atoms in total. The summed E-state index contributed by atoms with van der Waals surface area (Å²) < 4.78 is 6.90. The Bertz CT molecular complexity index is 1330. The molecule has 2 heterocycles. The Balaban J connectivity index is 2.00. The lowest BCUT2D eigenvalue weighted by molar-refractivity contribution is 0.0822. The van der Waals surface area contributed by atoms with Crippen LogP contribution >= 0.6 is 0 Å². The number of nitrogens with zero attached hydrogens (tertiary/aromatic N) is 1. The summed E-state index contributed by atoms with van der Waals surface area (Å²) in [6.45, 7) is 6.07. The molecule has 0 aliphatic rings. The fourth-order valence-corrected chi connectivity index (χ4v) is 3.87. The second kappa shape index (κ2) is 10.2. The summed E-state index contributed by atoms with van der Waals surface area (Å²) in [7, 11) is 0. The van der Waals surface area contributed by atoms with Gasteiger partial charge in [0.05, 0.1) is 0 Å². The van der Waals surface area contributed by atoms with E-state index in [1.54, 1.807) is 0 Å². The Kier molecular flexibility index (Phi) is 7.42. The number of aromatic amines is 3. The van der Waals surface area contributed by atoms with E-state index in [1.165, 1.54) is 4.57 Å². The fraction of sp³-hybridized carbons (Fsp3) is 0.391. The van der Waals surface area contributed by atoms with Gasteiger partial charge in [-0.2, -0.15) is 0 Å². The SMILES string of the molecule is CCOCn1c(Cc2cccc(Cc3[nH]c(=O)[nH]c(=O)c3CC)c2)c(CC)c(=O)[nH]c1=O. The maximum absolute atomic E-state index is 12.4. The molecule has 0 unspecified atom stereocenters. The van der Waals surface area contributed by atoms with Gasteiger partial charge in [-0.15, -0.1) is 0 Å². The molecule has 0 bridgehead atoms. The molecule has 170 valence electrons. The number of ether oxygens (including phenoxy) is 1. The highest BCUT2D eigenvalue weighted by Crippen LogP contribution is 2.16. The van der Waals surface area contributed by atoms with Crippen LogP contribution in [0, 0.1) is 0 Å². The normalized spacial score (nSPS) is 11.1. The summed E-state index contributed by atoms with van der Waals surface area (Å²) >= 11 is 0. The third-order valence-corrected chi connectivity index (χ3v) is 5.42. The number of aromatic nitrogens is 4. The number of rotatable bonds is 9. The van der Waals surface area contributed by atoms with E-state index >= 15 is 0 Å². The van der Waals surface area contributed by atoms with Gasteiger partial charge in [-0.25, -0.2) is 9.59 Å². The van der Waals surface area contributed by atoms with Crippen molar-refractivity contribution in [2.75, 3.05) is 6.61 Å². The van der Waals surface area contributed by atoms with E-state index in [-0.39, 0.29) is 17.8 Å². The summed E-state index contributed by atoms with van der Waals surface area (Å²) in [5.74, 6) is 0. The standard InChI is InChI=1S/C23H28N4O5/c1-4-16-18(24-22(30)25-20(16)28)11-14-8-7-9-15(10-14)12-19-17(5-2)21(29)26-23(31)27(19)13-32-6-3/h7-10H,4-6,11-13H2,1-3H3,(H,26,29,31)(H2,24,25,28,30). The first-order chi connectivity index (χ1) is 15.4. The van der Waals surface area contributed by atoms with Crippen molar-refractivity contribution in [1.29, 1.82) is 0 Å². The predicted molar refractivity (Wildman–Crippen MR) is 121 cm³/mol. The molecule has 3 rings (SSSR count). The van der Waals surface area contributed by atoms with Crippen molar-refractivity contribution in [2.24, 2.45) is 0 Å². The Morgan fingerprint density at radius 1 is 0.844 bits per heavy atom. The molecule has 0 atom stereocenters. The Morgan fingerprint density at radius 2 is 1.50 bits per heavy atom. The van der Waals surface area contributed by atoms with Gasteiger partial charge in [0.25, 0.3) is 11.1 Å². The molecule has 0 amide bonds. The van der Waals surface area contributed by atoms with Gasteiger partial charge in [0.15, 0.2) is 0 Å². The zero-order chi connectivity index (χ0) is 23.3. The zero-order valence-electron chi connectivity index (χ0n) is 18.5. The Labute approximate surface area is 184 Å². The smallest absolute Gasteiger partial charge is 0.330 e. The summed E-state index contributed by atoms with van der Waals surface area (Å²) in [6.07, 6.45) is 1.73. The first kappa shape index (κ1) is 23.2. The van der Waals surface area contributed by atoms with Gasteiger partial charge < -0.3 is 9.72 Å². The molecule has 0 spiro atoms. The van der Waals surface area contributed by atoms with Crippen LogP contribution in [0.4, 0.5) is 0 Å². The molecule has 0 fully saturated rings. The van der Waals surface area contributed by atoms with Crippen molar-refractivity contribution in [3.05, 3.63) is 99.6 Å². The molecule has 3 aromatic rings. The first-order valence-electron chi connectivity index (χ1n) is 10.7. The van der Waals surface area contributed by atoms with Crippen LogP contribution in [-0.2, 0) is 37.2 Å². The van der Waals surface area contributed by atoms with Crippen LogP contribution < -0.4 is 22.5 Å². The molecule has 0 radical (unpaired) electrons. The molecular formula is C23H28N4O5. The summed E-state index contributed by atoms with van der Waals surface area (Å²) in [4.78, 5) is 56.0. The fourth-order valence-electron chi connectivity index (χ4n) is 3.87. The van der Waals surface area contributed by atoms with Gasteiger partial charge in [-0.3, -0.25) is 24.1 Å². The van der Waals surface area contributed by atoms with Crippen LogP contribution in [0.3, 0.4) is 0 Å². The third-order valence-electron chi connectivity index (χ3n) is 5.42. The highest BCUT2D eigenvalue weighted by molar-refractivity contribution is 5.33. The van der Waals surface area contributed by atoms with Crippen LogP contribution in [0.25, 0.3) is 0 Å². The molecular weight excluding hydrogens is 412 g/mol. The molecule has 0 aliphatic carbocycles. The van der Waals surface area contributed by atoms with E-state index in [4.69, 9.17) is 4.74 Å². The van der Waals surface area contributed by atoms with Crippen molar-refractivity contribution in [2.45, 2.75) is 53.2 Å². The van der Waals surface area contributed by atoms with Crippen LogP contribution in [0.1, 0.15) is 54.4 Å². The monoisotopic (exact) mass is 440 g/mol. The van der Waals surface area contributed by atoms with E-state index in [1.807, 2.05) is 45.0 Å². The van der Waals surface area contributed by atoms with Crippen LogP contribution in [0.5, 0.6) is 0 Å². The second-order valence-corrected chi connectivity index (χ2v) is 7.48. The average molecular weight is 441 g/mol. The van der Waals surface area contributed by atoms with Crippen LogP contribution in [-0.4, -0.2) is 26.1 Å². The summed E-state index contributed by atoms with van der Waals surface area (Å²) in [5, 5.41) is 0. The molecule has 0 saturated carbocycles. The van der Waals surface area contributed by atoms with Crippen molar-refractivity contribution in [1.82, 2.24) is 19.5 Å². The van der Waals surface area contributed by atoms with E-state index in [9.17, 15) is 19.2 Å². The largest absolute Gasteiger partial charge is 0.361 e. The first-order valence-corrected chi connectivity index (χ1v) is 10.7. The maximum atomic E-state index is 12.4. The number of H-pyrrole nitrogens is 3. The van der Waals surface area contributed by atoms with E-state index < -0.39 is 11.4 Å². The van der Waals surface area contributed by atoms with E-state index in [2.05, 4.69) is 15.0 Å². The van der Waals surface area contributed by atoms with Crippen molar-refractivity contribution < 1.29 is 4.74 Å².